The van der Waals surface area contributed by atoms with Crippen molar-refractivity contribution < 1.29 is 34.0 Å². The highest BCUT2D eigenvalue weighted by molar-refractivity contribution is 5.94. The topological polar surface area (TPSA) is 102 Å². The molecule has 36 heavy (non-hydrogen) atoms. The highest BCUT2D eigenvalue weighted by Crippen LogP contribution is 2.28. The fraction of sp³-hybridized carbons (Fsp3) is 0.517. The smallest absolute Gasteiger partial charge is 0.335 e. The highest BCUT2D eigenvalue weighted by Gasteiger charge is 2.14. The van der Waals surface area contributed by atoms with Crippen molar-refractivity contribution >= 4 is 11.9 Å². The van der Waals surface area contributed by atoms with Gasteiger partial charge in [-0.25, -0.2) is 9.59 Å². The Bertz CT molecular complexity index is 917. The van der Waals surface area contributed by atoms with E-state index in [0.29, 0.717) is 11.5 Å². The zero-order valence-corrected chi connectivity index (χ0v) is 21.9. The Balaban J connectivity index is 2.21. The molecule has 0 aromatic heterocycles. The van der Waals surface area contributed by atoms with Crippen LogP contribution in [-0.2, 0) is 6.61 Å². The predicted molar refractivity (Wildman–Crippen MR) is 140 cm³/mol. The fourth-order valence-corrected chi connectivity index (χ4v) is 3.89. The van der Waals surface area contributed by atoms with Gasteiger partial charge in [0.05, 0.1) is 23.3 Å². The van der Waals surface area contributed by atoms with E-state index in [9.17, 15) is 19.8 Å². The number of unbranched alkanes of at least 4 members (excludes halogenated alkanes) is 4. The standard InChI is InChI=1S/C29H40O7/c1-5-7-9-11-20(3)35-26-13-22(14-27(18-26)36-21(4)12-10-8-6-2)19-34-25-16-23(28(30)31)15-24(17-25)29(32)33/h13-18,20-21H,5-12,19H2,1-4H3,(H,30,31)(H,32,33)/t20-,21-/m0/s1. The van der Waals surface area contributed by atoms with Crippen molar-refractivity contribution in [2.45, 2.75) is 97.9 Å². The molecule has 198 valence electrons. The number of hydrogen-bond acceptors (Lipinski definition) is 5. The molecule has 7 heteroatoms. The van der Waals surface area contributed by atoms with Gasteiger partial charge in [0, 0.05) is 6.07 Å². The van der Waals surface area contributed by atoms with Gasteiger partial charge >= 0.3 is 11.9 Å². The molecule has 2 N–H and O–H groups in total. The van der Waals surface area contributed by atoms with Crippen LogP contribution in [0.25, 0.3) is 0 Å². The Morgan fingerprint density at radius 1 is 0.694 bits per heavy atom. The molecule has 2 rings (SSSR count). The number of carboxylic acids is 2. The third-order valence-electron chi connectivity index (χ3n) is 5.85. The summed E-state index contributed by atoms with van der Waals surface area (Å²) in [4.78, 5) is 22.8. The Morgan fingerprint density at radius 2 is 1.17 bits per heavy atom. The first kappa shape index (κ1) is 29.0. The van der Waals surface area contributed by atoms with Crippen molar-refractivity contribution in [2.24, 2.45) is 0 Å². The second kappa shape index (κ2) is 15.0. The SMILES string of the molecule is CCCCC[C@H](C)Oc1cc(COc2cc(C(=O)O)cc(C(=O)O)c2)cc(O[C@@H](C)CCCCC)c1. The van der Waals surface area contributed by atoms with Crippen molar-refractivity contribution in [3.63, 3.8) is 0 Å². The lowest BCUT2D eigenvalue weighted by atomic mass is 10.1. The predicted octanol–water partition coefficient (Wildman–Crippen LogP) is 7.36. The van der Waals surface area contributed by atoms with Gasteiger partial charge in [0.15, 0.2) is 0 Å². The van der Waals surface area contributed by atoms with Crippen LogP contribution in [0.2, 0.25) is 0 Å². The van der Waals surface area contributed by atoms with Gasteiger partial charge in [-0.05, 0) is 75.4 Å². The summed E-state index contributed by atoms with van der Waals surface area (Å²) in [7, 11) is 0. The molecule has 2 aromatic rings. The third-order valence-corrected chi connectivity index (χ3v) is 5.85. The van der Waals surface area contributed by atoms with Gasteiger partial charge in [-0.1, -0.05) is 39.5 Å². The third kappa shape index (κ3) is 10.2. The molecule has 0 amide bonds. The Morgan fingerprint density at radius 3 is 1.58 bits per heavy atom. The molecular weight excluding hydrogens is 460 g/mol. The number of carboxylic acid groups (broad SMARTS) is 2. The summed E-state index contributed by atoms with van der Waals surface area (Å²) >= 11 is 0. The largest absolute Gasteiger partial charge is 0.491 e. The minimum atomic E-state index is -1.22. The van der Waals surface area contributed by atoms with Crippen LogP contribution in [0.4, 0.5) is 0 Å². The van der Waals surface area contributed by atoms with Gasteiger partial charge in [-0.15, -0.1) is 0 Å². The van der Waals surface area contributed by atoms with Crippen molar-refractivity contribution in [1.82, 2.24) is 0 Å². The molecule has 0 heterocycles. The van der Waals surface area contributed by atoms with E-state index in [-0.39, 0.29) is 35.7 Å². The number of benzene rings is 2. The van der Waals surface area contributed by atoms with Gasteiger partial charge < -0.3 is 24.4 Å². The molecule has 0 aliphatic rings. The molecule has 7 nitrogen and oxygen atoms in total. The maximum Gasteiger partial charge on any atom is 0.335 e. The highest BCUT2D eigenvalue weighted by atomic mass is 16.5. The van der Waals surface area contributed by atoms with Crippen molar-refractivity contribution in [3.05, 3.63) is 53.1 Å². The first-order valence-electron chi connectivity index (χ1n) is 12.9. The minimum Gasteiger partial charge on any atom is -0.491 e. The average molecular weight is 501 g/mol. The second-order valence-electron chi connectivity index (χ2n) is 9.31. The van der Waals surface area contributed by atoms with E-state index in [1.54, 1.807) is 0 Å². The number of hydrogen-bond donors (Lipinski definition) is 2. The Kier molecular flexibility index (Phi) is 12.1. The monoisotopic (exact) mass is 500 g/mol. The summed E-state index contributed by atoms with van der Waals surface area (Å²) in [5, 5.41) is 18.6. The van der Waals surface area contributed by atoms with Gasteiger partial charge in [0.2, 0.25) is 0 Å². The number of rotatable bonds is 17. The van der Waals surface area contributed by atoms with Gasteiger partial charge in [-0.3, -0.25) is 0 Å². The van der Waals surface area contributed by atoms with E-state index in [0.717, 1.165) is 50.2 Å². The zero-order chi connectivity index (χ0) is 26.5. The summed E-state index contributed by atoms with van der Waals surface area (Å²) in [6.45, 7) is 8.55. The Hall–Kier alpha value is -3.22. The molecule has 0 bridgehead atoms. The summed E-state index contributed by atoms with van der Waals surface area (Å²) < 4.78 is 18.2. The first-order valence-corrected chi connectivity index (χ1v) is 12.9. The number of ether oxygens (including phenoxy) is 3. The zero-order valence-electron chi connectivity index (χ0n) is 21.9. The molecule has 0 aliphatic heterocycles. The van der Waals surface area contributed by atoms with Gasteiger partial charge in [0.1, 0.15) is 23.9 Å². The normalized spacial score (nSPS) is 12.6. The van der Waals surface area contributed by atoms with Crippen LogP contribution < -0.4 is 14.2 Å². The Labute approximate surface area is 214 Å². The quantitative estimate of drug-likeness (QED) is 0.219. The van der Waals surface area contributed by atoms with Crippen LogP contribution in [0.15, 0.2) is 36.4 Å². The minimum absolute atomic E-state index is 0.0490. The van der Waals surface area contributed by atoms with Crippen LogP contribution in [0.5, 0.6) is 17.2 Å². The molecule has 0 aliphatic carbocycles. The van der Waals surface area contributed by atoms with Crippen LogP contribution in [-0.4, -0.2) is 34.4 Å². The van der Waals surface area contributed by atoms with Crippen LogP contribution >= 0.6 is 0 Å². The van der Waals surface area contributed by atoms with E-state index in [2.05, 4.69) is 27.7 Å². The van der Waals surface area contributed by atoms with E-state index >= 15 is 0 Å². The van der Waals surface area contributed by atoms with Crippen LogP contribution in [0.1, 0.15) is 105 Å². The molecule has 0 radical (unpaired) electrons. The molecule has 0 spiro atoms. The number of carbonyl (C=O) groups is 2. The number of aromatic carboxylic acids is 2. The molecule has 0 fully saturated rings. The van der Waals surface area contributed by atoms with Gasteiger partial charge in [0.25, 0.3) is 0 Å². The maximum atomic E-state index is 11.4. The van der Waals surface area contributed by atoms with Crippen molar-refractivity contribution in [2.75, 3.05) is 0 Å². The summed E-state index contributed by atoms with van der Waals surface area (Å²) in [5.74, 6) is -0.906. The van der Waals surface area contributed by atoms with E-state index in [1.807, 2.05) is 18.2 Å². The molecular formula is C29H40O7. The lowest BCUT2D eigenvalue weighted by molar-refractivity contribution is 0.0696. The summed E-state index contributed by atoms with van der Waals surface area (Å²) in [6.07, 6.45) is 8.85. The van der Waals surface area contributed by atoms with Crippen LogP contribution in [0, 0.1) is 0 Å². The van der Waals surface area contributed by atoms with Crippen molar-refractivity contribution in [3.8, 4) is 17.2 Å². The summed E-state index contributed by atoms with van der Waals surface area (Å²) in [5.41, 5.74) is 0.488. The first-order chi connectivity index (χ1) is 17.2. The van der Waals surface area contributed by atoms with Crippen molar-refractivity contribution in [1.29, 1.82) is 0 Å². The van der Waals surface area contributed by atoms with Gasteiger partial charge in [-0.2, -0.15) is 0 Å². The van der Waals surface area contributed by atoms with E-state index in [4.69, 9.17) is 14.2 Å². The lowest BCUT2D eigenvalue weighted by Gasteiger charge is -2.19. The molecule has 0 saturated carbocycles. The molecule has 0 unspecified atom stereocenters. The summed E-state index contributed by atoms with van der Waals surface area (Å²) in [6, 6.07) is 9.39. The van der Waals surface area contributed by atoms with E-state index in [1.165, 1.54) is 25.0 Å². The van der Waals surface area contributed by atoms with E-state index < -0.39 is 11.9 Å². The fourth-order valence-electron chi connectivity index (χ4n) is 3.89. The molecule has 0 saturated heterocycles. The molecule has 2 aromatic carbocycles. The lowest BCUT2D eigenvalue weighted by Crippen LogP contribution is -2.14. The average Bonchev–Trinajstić information content (AvgIpc) is 2.82. The second-order valence-corrected chi connectivity index (χ2v) is 9.31. The van der Waals surface area contributed by atoms with Crippen LogP contribution in [0.3, 0.4) is 0 Å². The molecule has 2 atom stereocenters. The maximum absolute atomic E-state index is 11.4.